The summed E-state index contributed by atoms with van der Waals surface area (Å²) in [4.78, 5) is 11.9. The van der Waals surface area contributed by atoms with Crippen LogP contribution >= 0.6 is 0 Å². The molecular weight excluding hydrogens is 813 g/mol. The van der Waals surface area contributed by atoms with Crippen molar-refractivity contribution in [2.45, 2.75) is 33.4 Å². The molecule has 6 aromatic carbocycles. The third-order valence-electron chi connectivity index (χ3n) is 9.63. The number of hydrogen-bond acceptors (Lipinski definition) is 11. The number of sulfonamides is 2. The van der Waals surface area contributed by atoms with Gasteiger partial charge in [-0.15, -0.1) is 0 Å². The van der Waals surface area contributed by atoms with Gasteiger partial charge in [-0.1, -0.05) is 24.3 Å². The molecule has 4 aliphatic rings. The highest BCUT2D eigenvalue weighted by Crippen LogP contribution is 2.52. The smallest absolute Gasteiger partial charge is 0.323 e. The number of carbonyl (C=O) groups excluding carboxylic acids is 1. The van der Waals surface area contributed by atoms with Gasteiger partial charge in [0.05, 0.1) is 32.5 Å². The highest BCUT2D eigenvalue weighted by molar-refractivity contribution is 7.94. The Morgan fingerprint density at radius 2 is 0.946 bits per heavy atom. The first-order valence-electron chi connectivity index (χ1n) is 16.0. The van der Waals surface area contributed by atoms with E-state index in [2.05, 4.69) is 10.6 Å². The third-order valence-corrected chi connectivity index (χ3v) is 14.8. The van der Waals surface area contributed by atoms with Gasteiger partial charge in [-0.3, -0.25) is 9.11 Å². The number of urea groups is 1. The molecule has 4 bridgehead atoms. The maximum absolute atomic E-state index is 14.1. The van der Waals surface area contributed by atoms with Gasteiger partial charge in [-0.25, -0.2) is 30.2 Å². The topological polar surface area (TPSA) is 265 Å². The molecule has 0 spiro atoms. The molecule has 21 heteroatoms. The Morgan fingerprint density at radius 3 is 1.30 bits per heavy atom. The van der Waals surface area contributed by atoms with Crippen molar-refractivity contribution < 1.29 is 57.8 Å². The number of phenols is 2. The number of aromatic hydroxyl groups is 2. The molecule has 0 aliphatic carbocycles. The van der Waals surface area contributed by atoms with Crippen LogP contribution in [0.15, 0.2) is 105 Å². The molecule has 288 valence electrons. The minimum atomic E-state index is -4.60. The Labute approximate surface area is 318 Å². The van der Waals surface area contributed by atoms with E-state index in [1.807, 2.05) is 0 Å². The first-order chi connectivity index (χ1) is 26.1. The van der Waals surface area contributed by atoms with Crippen LogP contribution in [0.25, 0.3) is 21.5 Å². The van der Waals surface area contributed by atoms with E-state index in [0.717, 1.165) is 32.9 Å². The molecule has 4 aliphatic heterocycles. The van der Waals surface area contributed by atoms with Crippen molar-refractivity contribution in [3.8, 4) is 11.5 Å². The summed E-state index contributed by atoms with van der Waals surface area (Å²) in [5, 5.41) is 27.5. The summed E-state index contributed by atoms with van der Waals surface area (Å²) < 4.78 is 124. The van der Waals surface area contributed by atoms with Crippen molar-refractivity contribution in [3.05, 3.63) is 96.1 Å². The molecule has 17 nitrogen and oxygen atoms in total. The number of anilines is 6. The van der Waals surface area contributed by atoms with Crippen molar-refractivity contribution in [1.82, 2.24) is 0 Å². The van der Waals surface area contributed by atoms with E-state index in [9.17, 15) is 57.8 Å². The lowest BCUT2D eigenvalue weighted by molar-refractivity contribution is 0.262. The summed E-state index contributed by atoms with van der Waals surface area (Å²) in [5.74, 6) is -0.941. The van der Waals surface area contributed by atoms with Gasteiger partial charge < -0.3 is 20.8 Å². The lowest BCUT2D eigenvalue weighted by Gasteiger charge is -2.35. The van der Waals surface area contributed by atoms with Crippen LogP contribution in [0.5, 0.6) is 11.5 Å². The maximum Gasteiger partial charge on any atom is 0.323 e. The molecule has 6 N–H and O–H groups in total. The van der Waals surface area contributed by atoms with E-state index in [0.29, 0.717) is 0 Å². The first kappa shape index (κ1) is 37.0. The number of phenolic OH excluding ortho intramolecular Hbond substituents is 2. The fourth-order valence-electron chi connectivity index (χ4n) is 7.04. The van der Waals surface area contributed by atoms with Gasteiger partial charge in [0.25, 0.3) is 40.3 Å². The number of amides is 2. The van der Waals surface area contributed by atoms with Crippen molar-refractivity contribution in [1.29, 1.82) is 0 Å². The van der Waals surface area contributed by atoms with E-state index >= 15 is 0 Å². The quantitative estimate of drug-likeness (QED) is 0.108. The lowest BCUT2D eigenvalue weighted by Crippen LogP contribution is -2.35. The van der Waals surface area contributed by atoms with Gasteiger partial charge in [0.1, 0.15) is 32.7 Å². The number of hydrogen-bond donors (Lipinski definition) is 6. The minimum absolute atomic E-state index is 0.0220. The van der Waals surface area contributed by atoms with Crippen LogP contribution in [0.1, 0.15) is 11.1 Å². The van der Waals surface area contributed by atoms with Gasteiger partial charge in [0.15, 0.2) is 0 Å². The summed E-state index contributed by atoms with van der Waals surface area (Å²) in [6.07, 6.45) is 0. The molecule has 10 rings (SSSR count). The van der Waals surface area contributed by atoms with Crippen LogP contribution in [0.3, 0.4) is 0 Å². The van der Waals surface area contributed by atoms with E-state index in [1.54, 1.807) is 0 Å². The summed E-state index contributed by atoms with van der Waals surface area (Å²) in [5.41, 5.74) is -0.207. The summed E-state index contributed by atoms with van der Waals surface area (Å²) in [6, 6.07) is 16.2. The number of nitrogens with one attached hydrogen (secondary N) is 2. The summed E-state index contributed by atoms with van der Waals surface area (Å²) in [7, 11) is -18.3. The van der Waals surface area contributed by atoms with E-state index < -0.39 is 67.6 Å². The van der Waals surface area contributed by atoms with E-state index in [-0.39, 0.29) is 76.6 Å². The first-order valence-corrected chi connectivity index (χ1v) is 21.8. The Morgan fingerprint density at radius 1 is 0.571 bits per heavy atom. The van der Waals surface area contributed by atoms with E-state index in [1.165, 1.54) is 74.5 Å². The van der Waals surface area contributed by atoms with Gasteiger partial charge in [0.2, 0.25) is 0 Å². The molecular formula is C35H26N4O13S4. The number of nitrogens with zero attached hydrogens (tertiary/aromatic N) is 2. The van der Waals surface area contributed by atoms with Crippen LogP contribution in [-0.4, -0.2) is 59.0 Å². The summed E-state index contributed by atoms with van der Waals surface area (Å²) >= 11 is 0. The molecule has 6 aromatic rings. The Balaban J connectivity index is 1.15. The molecule has 0 atom stereocenters. The number of fused-ring (bicyclic) bond motifs is 8. The Bertz CT molecular complexity index is 3050. The molecule has 0 fully saturated rings. The molecule has 2 amide bonds. The van der Waals surface area contributed by atoms with E-state index in [4.69, 9.17) is 0 Å². The van der Waals surface area contributed by atoms with Crippen LogP contribution < -0.4 is 19.2 Å². The average Bonchev–Trinajstić information content (AvgIpc) is 3.11. The standard InChI is InChI=1S/C35H26N4O13S4/c1-17-25-9-13-29(53(43,44)38(25)33-23-7-5-21(55(47,48)49)15-19(23)3-11-27(33)40)31(17)36-35(42)37-32-18(2)26-10-14-30(32)54(45,46)39(26)34-24-8-6-22(56(50,51)52)16-20(24)4-12-28(34)41/h3-16,40-41H,1-2H3,(H2,36,37,42)(H,47,48,49)(H,50,51,52). The summed E-state index contributed by atoms with van der Waals surface area (Å²) in [6.45, 7) is 3.01. The minimum Gasteiger partial charge on any atom is -0.506 e. The largest absolute Gasteiger partial charge is 0.506 e. The highest BCUT2D eigenvalue weighted by atomic mass is 32.2. The monoisotopic (exact) mass is 838 g/mol. The fraction of sp³-hybridized carbons (Fsp3) is 0.0571. The molecule has 56 heavy (non-hydrogen) atoms. The Hall–Kier alpha value is -5.97. The maximum atomic E-state index is 14.1. The average molecular weight is 839 g/mol. The molecule has 0 radical (unpaired) electrons. The molecule has 0 saturated heterocycles. The second kappa shape index (κ2) is 12.0. The highest BCUT2D eigenvalue weighted by Gasteiger charge is 2.42. The molecule has 0 unspecified atom stereocenters. The van der Waals surface area contributed by atoms with Gasteiger partial charge >= 0.3 is 6.03 Å². The SMILES string of the molecule is Cc1c2ccc(c1NC(=O)Nc1c3ccc(c1C)N(c1c(O)ccc4cc(S(=O)(=O)O)ccc14)S3(=O)=O)S(=O)(=O)N2c1c(O)ccc2cc(S(=O)(=O)O)ccc12. The van der Waals surface area contributed by atoms with Crippen molar-refractivity contribution in [3.63, 3.8) is 0 Å². The van der Waals surface area contributed by atoms with Crippen LogP contribution in [0.2, 0.25) is 0 Å². The zero-order chi connectivity index (χ0) is 40.4. The molecule has 0 saturated carbocycles. The van der Waals surface area contributed by atoms with Crippen LogP contribution in [0, 0.1) is 13.8 Å². The van der Waals surface area contributed by atoms with Crippen molar-refractivity contribution in [2.24, 2.45) is 0 Å². The predicted octanol–water partition coefficient (Wildman–Crippen LogP) is 5.84. The van der Waals surface area contributed by atoms with Gasteiger partial charge in [-0.2, -0.15) is 16.8 Å². The molecule has 4 heterocycles. The second-order valence-electron chi connectivity index (χ2n) is 12.9. The predicted molar refractivity (Wildman–Crippen MR) is 205 cm³/mol. The van der Waals surface area contributed by atoms with Crippen LogP contribution in [0.4, 0.5) is 38.9 Å². The zero-order valence-corrected chi connectivity index (χ0v) is 31.8. The van der Waals surface area contributed by atoms with Crippen molar-refractivity contribution in [2.75, 3.05) is 19.2 Å². The third kappa shape index (κ3) is 5.42. The number of rotatable bonds is 6. The lowest BCUT2D eigenvalue weighted by atomic mass is 10.1. The number of carbonyl (C=O) groups is 1. The Kier molecular flexibility index (Phi) is 7.93. The zero-order valence-electron chi connectivity index (χ0n) is 28.6. The molecule has 0 aromatic heterocycles. The van der Waals surface area contributed by atoms with Crippen LogP contribution in [-0.2, 0) is 40.3 Å². The second-order valence-corrected chi connectivity index (χ2v) is 19.2. The number of benzene rings is 6. The van der Waals surface area contributed by atoms with Gasteiger partial charge in [0, 0.05) is 10.8 Å². The normalized spacial score (nSPS) is 15.4. The van der Waals surface area contributed by atoms with Crippen molar-refractivity contribution >= 4 is 102 Å². The fourth-order valence-corrected chi connectivity index (χ4v) is 11.6. The van der Waals surface area contributed by atoms with Gasteiger partial charge in [-0.05, 0) is 96.4 Å².